The zero-order valence-corrected chi connectivity index (χ0v) is 13.6. The van der Waals surface area contributed by atoms with Crippen molar-refractivity contribution in [1.82, 2.24) is 4.98 Å². The van der Waals surface area contributed by atoms with E-state index in [0.717, 1.165) is 35.2 Å². The molecule has 0 bridgehead atoms. The highest BCUT2D eigenvalue weighted by Crippen LogP contribution is 2.15. The fraction of sp³-hybridized carbons (Fsp3) is 0.190. The van der Waals surface area contributed by atoms with Crippen LogP contribution >= 0.6 is 0 Å². The summed E-state index contributed by atoms with van der Waals surface area (Å²) in [5.74, 6) is 6.35. The monoisotopic (exact) mass is 300 g/mol. The lowest BCUT2D eigenvalue weighted by Gasteiger charge is -2.20. The van der Waals surface area contributed by atoms with Crippen molar-refractivity contribution < 1.29 is 0 Å². The highest BCUT2D eigenvalue weighted by molar-refractivity contribution is 5.78. The van der Waals surface area contributed by atoms with Crippen LogP contribution in [0.5, 0.6) is 0 Å². The Morgan fingerprint density at radius 3 is 2.30 bits per heavy atom. The van der Waals surface area contributed by atoms with Crippen LogP contribution in [0.2, 0.25) is 0 Å². The van der Waals surface area contributed by atoms with Gasteiger partial charge in [-0.2, -0.15) is 0 Å². The van der Waals surface area contributed by atoms with E-state index in [9.17, 15) is 0 Å². The van der Waals surface area contributed by atoms with Gasteiger partial charge in [0.15, 0.2) is 0 Å². The highest BCUT2D eigenvalue weighted by atomic mass is 15.1. The molecule has 3 aromatic rings. The van der Waals surface area contributed by atoms with Crippen LogP contribution in [0.4, 0.5) is 5.69 Å². The van der Waals surface area contributed by atoms with Crippen LogP contribution in [0, 0.1) is 11.8 Å². The van der Waals surface area contributed by atoms with Gasteiger partial charge in [-0.25, -0.2) is 4.98 Å². The van der Waals surface area contributed by atoms with E-state index in [1.54, 1.807) is 0 Å². The standard InChI is InChI=1S/C21H20N2/c1-3-23(4-2)20-15-10-17(11-16-20)9-13-19-14-12-18-7-5-6-8-21(18)22-19/h5-8,10-12,14-16H,3-4H2,1-2H3. The minimum Gasteiger partial charge on any atom is -0.372 e. The summed E-state index contributed by atoms with van der Waals surface area (Å²) in [7, 11) is 0. The van der Waals surface area contributed by atoms with Gasteiger partial charge in [0, 0.05) is 29.7 Å². The summed E-state index contributed by atoms with van der Waals surface area (Å²) in [5, 5.41) is 1.14. The van der Waals surface area contributed by atoms with Crippen molar-refractivity contribution in [3.05, 3.63) is 71.9 Å². The van der Waals surface area contributed by atoms with E-state index in [-0.39, 0.29) is 0 Å². The Balaban J connectivity index is 1.82. The Morgan fingerprint density at radius 2 is 1.57 bits per heavy atom. The molecule has 2 heteroatoms. The van der Waals surface area contributed by atoms with Gasteiger partial charge in [0.25, 0.3) is 0 Å². The molecular formula is C21H20N2. The maximum absolute atomic E-state index is 4.58. The SMILES string of the molecule is CCN(CC)c1ccc(C#Cc2ccc3ccccc3n2)cc1. The minimum absolute atomic E-state index is 0.802. The van der Waals surface area contributed by atoms with Crippen LogP contribution in [0.1, 0.15) is 25.1 Å². The van der Waals surface area contributed by atoms with Crippen molar-refractivity contribution in [2.24, 2.45) is 0 Å². The number of rotatable bonds is 3. The van der Waals surface area contributed by atoms with Crippen LogP contribution in [0.25, 0.3) is 10.9 Å². The molecule has 2 aromatic carbocycles. The van der Waals surface area contributed by atoms with Gasteiger partial charge in [-0.05, 0) is 56.2 Å². The summed E-state index contributed by atoms with van der Waals surface area (Å²) in [6, 6.07) is 20.5. The van der Waals surface area contributed by atoms with Crippen molar-refractivity contribution in [2.75, 3.05) is 18.0 Å². The van der Waals surface area contributed by atoms with Crippen LogP contribution in [-0.2, 0) is 0 Å². The fourth-order valence-corrected chi connectivity index (χ4v) is 2.62. The summed E-state index contributed by atoms with van der Waals surface area (Å²) < 4.78 is 0. The Morgan fingerprint density at radius 1 is 0.826 bits per heavy atom. The highest BCUT2D eigenvalue weighted by Gasteiger charge is 2.00. The van der Waals surface area contributed by atoms with Crippen LogP contribution in [0.3, 0.4) is 0 Å². The van der Waals surface area contributed by atoms with Crippen molar-refractivity contribution in [1.29, 1.82) is 0 Å². The summed E-state index contributed by atoms with van der Waals surface area (Å²) >= 11 is 0. The van der Waals surface area contributed by atoms with E-state index in [0.29, 0.717) is 0 Å². The quantitative estimate of drug-likeness (QED) is 0.663. The van der Waals surface area contributed by atoms with Gasteiger partial charge in [-0.1, -0.05) is 30.2 Å². The van der Waals surface area contributed by atoms with Crippen molar-refractivity contribution in [3.8, 4) is 11.8 Å². The molecule has 23 heavy (non-hydrogen) atoms. The molecule has 0 saturated heterocycles. The number of aromatic nitrogens is 1. The summed E-state index contributed by atoms with van der Waals surface area (Å²) in [6.45, 7) is 6.37. The molecule has 0 unspecified atom stereocenters. The number of anilines is 1. The molecule has 0 fully saturated rings. The Bertz CT molecular complexity index is 850. The van der Waals surface area contributed by atoms with E-state index < -0.39 is 0 Å². The molecule has 0 aliphatic rings. The van der Waals surface area contributed by atoms with Crippen LogP contribution < -0.4 is 4.90 Å². The first kappa shape index (κ1) is 15.1. The lowest BCUT2D eigenvalue weighted by atomic mass is 10.1. The van der Waals surface area contributed by atoms with E-state index in [2.05, 4.69) is 72.0 Å². The topological polar surface area (TPSA) is 16.1 Å². The van der Waals surface area contributed by atoms with Crippen molar-refractivity contribution in [2.45, 2.75) is 13.8 Å². The molecule has 114 valence electrons. The van der Waals surface area contributed by atoms with Gasteiger partial charge in [-0.15, -0.1) is 0 Å². The van der Waals surface area contributed by atoms with Crippen LogP contribution in [0.15, 0.2) is 60.7 Å². The molecule has 0 aliphatic carbocycles. The molecule has 0 aliphatic heterocycles. The number of fused-ring (bicyclic) bond motifs is 1. The van der Waals surface area contributed by atoms with Crippen molar-refractivity contribution in [3.63, 3.8) is 0 Å². The second-order valence-corrected chi connectivity index (χ2v) is 5.36. The molecule has 0 spiro atoms. The lowest BCUT2D eigenvalue weighted by molar-refractivity contribution is 0.866. The van der Waals surface area contributed by atoms with E-state index in [1.165, 1.54) is 5.69 Å². The minimum atomic E-state index is 0.802. The molecule has 0 radical (unpaired) electrons. The third-order valence-electron chi connectivity index (χ3n) is 3.93. The number of para-hydroxylation sites is 1. The predicted molar refractivity (Wildman–Crippen MR) is 97.7 cm³/mol. The fourth-order valence-electron chi connectivity index (χ4n) is 2.62. The van der Waals surface area contributed by atoms with Crippen molar-refractivity contribution >= 4 is 16.6 Å². The summed E-state index contributed by atoms with van der Waals surface area (Å²) in [4.78, 5) is 6.90. The first-order chi connectivity index (χ1) is 11.3. The zero-order valence-electron chi connectivity index (χ0n) is 13.6. The molecule has 2 nitrogen and oxygen atoms in total. The first-order valence-electron chi connectivity index (χ1n) is 8.03. The summed E-state index contributed by atoms with van der Waals surface area (Å²) in [5.41, 5.74) is 4.04. The Kier molecular flexibility index (Phi) is 4.59. The number of pyridine rings is 1. The maximum atomic E-state index is 4.58. The molecule has 0 N–H and O–H groups in total. The second kappa shape index (κ2) is 6.98. The molecule has 3 rings (SSSR count). The average molecular weight is 300 g/mol. The smallest absolute Gasteiger partial charge is 0.114 e. The number of hydrogen-bond donors (Lipinski definition) is 0. The van der Waals surface area contributed by atoms with Gasteiger partial charge in [0.05, 0.1) is 5.52 Å². The first-order valence-corrected chi connectivity index (χ1v) is 8.03. The molecular weight excluding hydrogens is 280 g/mol. The number of hydrogen-bond acceptors (Lipinski definition) is 2. The third-order valence-corrected chi connectivity index (χ3v) is 3.93. The molecule has 1 heterocycles. The van der Waals surface area contributed by atoms with Gasteiger partial charge < -0.3 is 4.90 Å². The average Bonchev–Trinajstić information content (AvgIpc) is 2.62. The molecule has 0 atom stereocenters. The number of nitrogens with zero attached hydrogens (tertiary/aromatic N) is 2. The number of benzene rings is 2. The van der Waals surface area contributed by atoms with E-state index in [1.807, 2.05) is 24.3 Å². The Hall–Kier alpha value is -2.79. The van der Waals surface area contributed by atoms with Gasteiger partial charge in [0.1, 0.15) is 5.69 Å². The molecule has 0 saturated carbocycles. The normalized spacial score (nSPS) is 10.2. The largest absolute Gasteiger partial charge is 0.372 e. The Labute approximate surface area is 137 Å². The van der Waals surface area contributed by atoms with Crippen LogP contribution in [-0.4, -0.2) is 18.1 Å². The second-order valence-electron chi connectivity index (χ2n) is 5.36. The van der Waals surface area contributed by atoms with Gasteiger partial charge in [0.2, 0.25) is 0 Å². The van der Waals surface area contributed by atoms with E-state index in [4.69, 9.17) is 0 Å². The summed E-state index contributed by atoms with van der Waals surface area (Å²) in [6.07, 6.45) is 0. The molecule has 0 amide bonds. The lowest BCUT2D eigenvalue weighted by Crippen LogP contribution is -2.21. The third kappa shape index (κ3) is 3.52. The zero-order chi connectivity index (χ0) is 16.1. The van der Waals surface area contributed by atoms with Gasteiger partial charge in [-0.3, -0.25) is 0 Å². The van der Waals surface area contributed by atoms with E-state index >= 15 is 0 Å². The maximum Gasteiger partial charge on any atom is 0.114 e. The molecule has 1 aromatic heterocycles. The predicted octanol–water partition coefficient (Wildman–Crippen LogP) is 4.48. The van der Waals surface area contributed by atoms with Gasteiger partial charge >= 0.3 is 0 Å².